The number of aromatic nitrogens is 3. The molecule has 0 radical (unpaired) electrons. The second-order valence-electron chi connectivity index (χ2n) is 4.59. The Labute approximate surface area is 117 Å². The third kappa shape index (κ3) is 2.40. The van der Waals surface area contributed by atoms with Crippen LogP contribution in [0.3, 0.4) is 0 Å². The van der Waals surface area contributed by atoms with Crippen LogP contribution in [0, 0.1) is 13.8 Å². The molecule has 0 unspecified atom stereocenters. The van der Waals surface area contributed by atoms with Gasteiger partial charge in [0.25, 0.3) is 0 Å². The third-order valence-corrected chi connectivity index (χ3v) is 3.09. The predicted octanol–water partition coefficient (Wildman–Crippen LogP) is 3.68. The second kappa shape index (κ2) is 5.17. The van der Waals surface area contributed by atoms with E-state index >= 15 is 0 Å². The van der Waals surface area contributed by atoms with Crippen LogP contribution >= 0.6 is 0 Å². The van der Waals surface area contributed by atoms with Crippen molar-refractivity contribution in [3.63, 3.8) is 0 Å². The number of rotatable bonds is 3. The third-order valence-electron chi connectivity index (χ3n) is 3.09. The average molecular weight is 265 g/mol. The van der Waals surface area contributed by atoms with Crippen molar-refractivity contribution in [2.24, 2.45) is 0 Å². The molecule has 0 bridgehead atoms. The maximum absolute atomic E-state index is 5.78. The molecule has 3 aromatic rings. The molecule has 0 saturated carbocycles. The minimum atomic E-state index is 0.714. The SMILES string of the molecule is Cc1ccc(C)n1-c1cc(Oc2cccnc2)ccn1. The van der Waals surface area contributed by atoms with E-state index in [0.717, 1.165) is 23.0 Å². The highest BCUT2D eigenvalue weighted by Crippen LogP contribution is 2.23. The van der Waals surface area contributed by atoms with E-state index < -0.39 is 0 Å². The monoisotopic (exact) mass is 265 g/mol. The normalized spacial score (nSPS) is 10.5. The van der Waals surface area contributed by atoms with Crippen LogP contribution < -0.4 is 4.74 Å². The second-order valence-corrected chi connectivity index (χ2v) is 4.59. The number of nitrogens with zero attached hydrogens (tertiary/aromatic N) is 3. The van der Waals surface area contributed by atoms with Gasteiger partial charge in [-0.1, -0.05) is 0 Å². The van der Waals surface area contributed by atoms with E-state index in [2.05, 4.69) is 40.5 Å². The van der Waals surface area contributed by atoms with Gasteiger partial charge in [-0.25, -0.2) is 4.98 Å². The Morgan fingerprint density at radius 1 is 0.950 bits per heavy atom. The van der Waals surface area contributed by atoms with Gasteiger partial charge in [-0.3, -0.25) is 4.98 Å². The summed E-state index contributed by atoms with van der Waals surface area (Å²) in [4.78, 5) is 8.45. The Balaban J connectivity index is 1.94. The van der Waals surface area contributed by atoms with Crippen molar-refractivity contribution >= 4 is 0 Å². The van der Waals surface area contributed by atoms with Crippen LogP contribution in [0.5, 0.6) is 11.5 Å². The van der Waals surface area contributed by atoms with Crippen LogP contribution in [0.1, 0.15) is 11.4 Å². The van der Waals surface area contributed by atoms with Gasteiger partial charge in [0, 0.05) is 29.8 Å². The van der Waals surface area contributed by atoms with E-state index in [1.165, 1.54) is 0 Å². The van der Waals surface area contributed by atoms with E-state index in [0.29, 0.717) is 5.75 Å². The summed E-state index contributed by atoms with van der Waals surface area (Å²) in [5.74, 6) is 2.31. The van der Waals surface area contributed by atoms with E-state index in [1.807, 2.05) is 24.3 Å². The largest absolute Gasteiger partial charge is 0.456 e. The van der Waals surface area contributed by atoms with Gasteiger partial charge in [0.15, 0.2) is 0 Å². The molecule has 0 aliphatic rings. The van der Waals surface area contributed by atoms with Gasteiger partial charge in [0.2, 0.25) is 0 Å². The van der Waals surface area contributed by atoms with Crippen LogP contribution in [-0.4, -0.2) is 14.5 Å². The van der Waals surface area contributed by atoms with E-state index in [4.69, 9.17) is 4.74 Å². The Morgan fingerprint density at radius 3 is 2.45 bits per heavy atom. The average Bonchev–Trinajstić information content (AvgIpc) is 2.80. The molecule has 3 aromatic heterocycles. The molecule has 20 heavy (non-hydrogen) atoms. The van der Waals surface area contributed by atoms with Gasteiger partial charge >= 0.3 is 0 Å². The van der Waals surface area contributed by atoms with Gasteiger partial charge in [-0.2, -0.15) is 0 Å². The Hall–Kier alpha value is -2.62. The van der Waals surface area contributed by atoms with Crippen molar-refractivity contribution in [2.75, 3.05) is 0 Å². The van der Waals surface area contributed by atoms with Crippen LogP contribution in [0.15, 0.2) is 55.0 Å². The molecule has 0 N–H and O–H groups in total. The number of ether oxygens (including phenoxy) is 1. The van der Waals surface area contributed by atoms with E-state index in [9.17, 15) is 0 Å². The molecule has 3 heterocycles. The minimum absolute atomic E-state index is 0.714. The predicted molar refractivity (Wildman–Crippen MR) is 77.3 cm³/mol. The molecule has 0 aromatic carbocycles. The minimum Gasteiger partial charge on any atom is -0.456 e. The first-order chi connectivity index (χ1) is 9.74. The lowest BCUT2D eigenvalue weighted by Crippen LogP contribution is -2.01. The fraction of sp³-hybridized carbons (Fsp3) is 0.125. The summed E-state index contributed by atoms with van der Waals surface area (Å²) < 4.78 is 7.87. The zero-order valence-corrected chi connectivity index (χ0v) is 11.4. The molecule has 4 nitrogen and oxygen atoms in total. The van der Waals surface area contributed by atoms with Gasteiger partial charge < -0.3 is 9.30 Å². The molecule has 4 heteroatoms. The quantitative estimate of drug-likeness (QED) is 0.725. The van der Waals surface area contributed by atoms with Crippen molar-refractivity contribution in [2.45, 2.75) is 13.8 Å². The number of hydrogen-bond acceptors (Lipinski definition) is 3. The first-order valence-electron chi connectivity index (χ1n) is 6.43. The zero-order chi connectivity index (χ0) is 13.9. The summed E-state index contributed by atoms with van der Waals surface area (Å²) in [6.45, 7) is 4.12. The van der Waals surface area contributed by atoms with Crippen molar-refractivity contribution in [1.82, 2.24) is 14.5 Å². The highest BCUT2D eigenvalue weighted by Gasteiger charge is 2.06. The molecule has 0 aliphatic heterocycles. The van der Waals surface area contributed by atoms with Crippen LogP contribution in [0.4, 0.5) is 0 Å². The molecule has 0 fully saturated rings. The lowest BCUT2D eigenvalue weighted by molar-refractivity contribution is 0.479. The molecule has 100 valence electrons. The number of hydrogen-bond donors (Lipinski definition) is 0. The molecule has 0 aliphatic carbocycles. The first-order valence-corrected chi connectivity index (χ1v) is 6.43. The smallest absolute Gasteiger partial charge is 0.145 e. The topological polar surface area (TPSA) is 39.9 Å². The maximum atomic E-state index is 5.78. The fourth-order valence-corrected chi connectivity index (χ4v) is 2.16. The van der Waals surface area contributed by atoms with Gasteiger partial charge in [-0.05, 0) is 44.2 Å². The number of aryl methyl sites for hydroxylation is 2. The van der Waals surface area contributed by atoms with Gasteiger partial charge in [-0.15, -0.1) is 0 Å². The van der Waals surface area contributed by atoms with E-state index in [1.54, 1.807) is 18.6 Å². The molecular weight excluding hydrogens is 250 g/mol. The van der Waals surface area contributed by atoms with E-state index in [-0.39, 0.29) is 0 Å². The van der Waals surface area contributed by atoms with Crippen molar-refractivity contribution in [3.05, 3.63) is 66.4 Å². The van der Waals surface area contributed by atoms with Crippen molar-refractivity contribution < 1.29 is 4.74 Å². The van der Waals surface area contributed by atoms with Crippen LogP contribution in [0.2, 0.25) is 0 Å². The molecule has 0 atom stereocenters. The van der Waals surface area contributed by atoms with Gasteiger partial charge in [0.05, 0.1) is 6.20 Å². The Morgan fingerprint density at radius 2 is 1.75 bits per heavy atom. The summed E-state index contributed by atoms with van der Waals surface area (Å²) in [7, 11) is 0. The van der Waals surface area contributed by atoms with Gasteiger partial charge in [0.1, 0.15) is 17.3 Å². The molecule has 0 amide bonds. The van der Waals surface area contributed by atoms with Crippen molar-refractivity contribution in [3.8, 4) is 17.3 Å². The Kier molecular flexibility index (Phi) is 3.21. The zero-order valence-electron chi connectivity index (χ0n) is 11.4. The lowest BCUT2D eigenvalue weighted by Gasteiger charge is -2.10. The summed E-state index contributed by atoms with van der Waals surface area (Å²) in [6, 6.07) is 11.6. The highest BCUT2D eigenvalue weighted by molar-refractivity contribution is 5.38. The molecule has 0 saturated heterocycles. The summed E-state index contributed by atoms with van der Waals surface area (Å²) in [5, 5.41) is 0. The van der Waals surface area contributed by atoms with Crippen LogP contribution in [0.25, 0.3) is 5.82 Å². The first kappa shape index (κ1) is 12.4. The highest BCUT2D eigenvalue weighted by atomic mass is 16.5. The lowest BCUT2D eigenvalue weighted by atomic mass is 10.4. The summed E-state index contributed by atoms with van der Waals surface area (Å²) in [6.07, 6.45) is 5.16. The number of pyridine rings is 2. The standard InChI is InChI=1S/C16H15N3O/c1-12-5-6-13(2)19(12)16-10-14(7-9-18-16)20-15-4-3-8-17-11-15/h3-11H,1-2H3. The summed E-state index contributed by atoms with van der Waals surface area (Å²) in [5.41, 5.74) is 2.29. The molecule has 0 spiro atoms. The molecular formula is C16H15N3O. The van der Waals surface area contributed by atoms with Crippen LogP contribution in [-0.2, 0) is 0 Å². The van der Waals surface area contributed by atoms with Crippen molar-refractivity contribution in [1.29, 1.82) is 0 Å². The fourth-order valence-electron chi connectivity index (χ4n) is 2.16. The Bertz CT molecular complexity index is 700. The summed E-state index contributed by atoms with van der Waals surface area (Å²) >= 11 is 0. The molecule has 3 rings (SSSR count). The maximum Gasteiger partial charge on any atom is 0.145 e.